The van der Waals surface area contributed by atoms with Crippen molar-refractivity contribution in [1.82, 2.24) is 19.5 Å². The highest BCUT2D eigenvalue weighted by Crippen LogP contribution is 2.45. The van der Waals surface area contributed by atoms with Crippen molar-refractivity contribution >= 4 is 54.1 Å². The molecule has 0 N–H and O–H groups in total. The third-order valence-corrected chi connectivity index (χ3v) is 9.46. The van der Waals surface area contributed by atoms with E-state index < -0.39 is 0 Å². The summed E-state index contributed by atoms with van der Waals surface area (Å²) in [5.41, 5.74) is 8.28. The zero-order valence-electron chi connectivity index (χ0n) is 25.3. The molecule has 0 atom stereocenters. The van der Waals surface area contributed by atoms with Gasteiger partial charge in [0.25, 0.3) is 0 Å². The minimum atomic E-state index is 0.654. The number of benzene rings is 7. The topological polar surface area (TPSA) is 43.6 Å². The lowest BCUT2D eigenvalue weighted by Crippen LogP contribution is -2.04. The Bertz CT molecular complexity index is 2780. The van der Waals surface area contributed by atoms with Gasteiger partial charge in [0.2, 0.25) is 5.95 Å². The van der Waals surface area contributed by atoms with E-state index in [0.29, 0.717) is 5.95 Å². The van der Waals surface area contributed by atoms with E-state index in [1.54, 1.807) is 0 Å². The standard InChI is InChI=1S/C43H26N4/c1-2-10-29(11-3-1)36-26-37(31-13-6-12-30(25-31)27-21-23-44-24-22-27)46-43(45-36)47-38-17-7-15-33-34-20-19-28-9-4-5-14-32(28)40(34)35-16-8-18-39(47)42(35)41(33)38/h1-26H. The van der Waals surface area contributed by atoms with Crippen molar-refractivity contribution in [2.45, 2.75) is 0 Å². The predicted molar refractivity (Wildman–Crippen MR) is 194 cm³/mol. The van der Waals surface area contributed by atoms with Crippen molar-refractivity contribution in [2.75, 3.05) is 0 Å². The van der Waals surface area contributed by atoms with Gasteiger partial charge in [-0.3, -0.25) is 9.55 Å². The third kappa shape index (κ3) is 3.92. The molecule has 0 aliphatic rings. The molecule has 3 aromatic heterocycles. The van der Waals surface area contributed by atoms with Crippen LogP contribution in [0.2, 0.25) is 0 Å². The Kier molecular flexibility index (Phi) is 5.54. The highest BCUT2D eigenvalue weighted by atomic mass is 15.2. The molecule has 0 unspecified atom stereocenters. The van der Waals surface area contributed by atoms with Crippen LogP contribution in [-0.2, 0) is 0 Å². The fourth-order valence-electron chi connectivity index (χ4n) is 7.38. The van der Waals surface area contributed by atoms with Crippen LogP contribution in [0.15, 0.2) is 158 Å². The van der Waals surface area contributed by atoms with E-state index in [0.717, 1.165) is 44.7 Å². The first-order chi connectivity index (χ1) is 23.3. The lowest BCUT2D eigenvalue weighted by Gasteiger charge is -2.12. The molecule has 0 bridgehead atoms. The monoisotopic (exact) mass is 598 g/mol. The number of nitrogens with zero attached hydrogens (tertiary/aromatic N) is 4. The Balaban J connectivity index is 1.30. The van der Waals surface area contributed by atoms with Gasteiger partial charge in [-0.1, -0.05) is 109 Å². The second kappa shape index (κ2) is 10.1. The van der Waals surface area contributed by atoms with Crippen LogP contribution in [0, 0.1) is 0 Å². The van der Waals surface area contributed by atoms with Crippen LogP contribution in [0.5, 0.6) is 0 Å². The van der Waals surface area contributed by atoms with Gasteiger partial charge in [0.1, 0.15) is 0 Å². The fourth-order valence-corrected chi connectivity index (χ4v) is 7.38. The molecular weight excluding hydrogens is 573 g/mol. The Morgan fingerprint density at radius 2 is 1.00 bits per heavy atom. The van der Waals surface area contributed by atoms with Gasteiger partial charge in [0.05, 0.1) is 22.4 Å². The number of fused-ring (bicyclic) bond motifs is 5. The highest BCUT2D eigenvalue weighted by Gasteiger charge is 2.22. The first-order valence-corrected chi connectivity index (χ1v) is 15.9. The molecule has 0 aliphatic heterocycles. The summed E-state index contributed by atoms with van der Waals surface area (Å²) in [6.07, 6.45) is 3.66. The molecular formula is C43H26N4. The van der Waals surface area contributed by atoms with Gasteiger partial charge < -0.3 is 0 Å². The average molecular weight is 599 g/mol. The summed E-state index contributed by atoms with van der Waals surface area (Å²) in [4.78, 5) is 14.8. The molecule has 0 radical (unpaired) electrons. The van der Waals surface area contributed by atoms with Crippen molar-refractivity contribution in [3.05, 3.63) is 158 Å². The molecule has 0 spiro atoms. The van der Waals surface area contributed by atoms with E-state index in [1.165, 1.54) is 43.1 Å². The van der Waals surface area contributed by atoms with E-state index in [1.807, 2.05) is 30.6 Å². The molecule has 0 fully saturated rings. The normalized spacial score (nSPS) is 11.8. The van der Waals surface area contributed by atoms with Crippen molar-refractivity contribution in [2.24, 2.45) is 0 Å². The predicted octanol–water partition coefficient (Wildman–Crippen LogP) is 10.9. The van der Waals surface area contributed by atoms with E-state index in [4.69, 9.17) is 9.97 Å². The fraction of sp³-hybridized carbons (Fsp3) is 0. The Hall–Kier alpha value is -6.39. The molecule has 218 valence electrons. The van der Waals surface area contributed by atoms with Gasteiger partial charge in [-0.15, -0.1) is 0 Å². The summed E-state index contributed by atoms with van der Waals surface area (Å²) in [5, 5.41) is 10.1. The zero-order valence-corrected chi connectivity index (χ0v) is 25.3. The lowest BCUT2D eigenvalue weighted by molar-refractivity contribution is 0.996. The van der Waals surface area contributed by atoms with Crippen molar-refractivity contribution in [1.29, 1.82) is 0 Å². The first kappa shape index (κ1) is 25.9. The maximum absolute atomic E-state index is 5.32. The summed E-state index contributed by atoms with van der Waals surface area (Å²) >= 11 is 0. The first-order valence-electron chi connectivity index (χ1n) is 15.9. The van der Waals surface area contributed by atoms with Gasteiger partial charge in [0, 0.05) is 34.3 Å². The second-order valence-electron chi connectivity index (χ2n) is 12.1. The molecule has 4 nitrogen and oxygen atoms in total. The van der Waals surface area contributed by atoms with Crippen LogP contribution in [0.1, 0.15) is 0 Å². The Labute approximate surface area is 270 Å². The van der Waals surface area contributed by atoms with Crippen molar-refractivity contribution in [3.8, 4) is 39.6 Å². The van der Waals surface area contributed by atoms with Crippen LogP contribution >= 0.6 is 0 Å². The number of hydrogen-bond acceptors (Lipinski definition) is 3. The summed E-state index contributed by atoms with van der Waals surface area (Å²) in [7, 11) is 0. The molecule has 7 aromatic carbocycles. The number of pyridine rings is 1. The summed E-state index contributed by atoms with van der Waals surface area (Å²) in [6.45, 7) is 0. The molecule has 3 heterocycles. The summed E-state index contributed by atoms with van der Waals surface area (Å²) in [5.74, 6) is 0.654. The maximum Gasteiger partial charge on any atom is 0.235 e. The highest BCUT2D eigenvalue weighted by molar-refractivity contribution is 6.37. The number of rotatable bonds is 4. The Morgan fingerprint density at radius 1 is 0.383 bits per heavy atom. The zero-order chi connectivity index (χ0) is 30.9. The van der Waals surface area contributed by atoms with Crippen LogP contribution in [0.4, 0.5) is 0 Å². The van der Waals surface area contributed by atoms with Crippen molar-refractivity contribution < 1.29 is 0 Å². The average Bonchev–Trinajstić information content (AvgIpc) is 3.50. The van der Waals surface area contributed by atoms with Gasteiger partial charge in [0.15, 0.2) is 0 Å². The SMILES string of the molecule is c1ccc(-c2cc(-c3cccc(-c4ccncc4)c3)nc(-n3c4cccc5c6ccc7ccccc7c6c6cccc3c6c54)n2)cc1. The number of hydrogen-bond donors (Lipinski definition) is 0. The summed E-state index contributed by atoms with van der Waals surface area (Å²) in [6, 6.07) is 51.6. The van der Waals surface area contributed by atoms with Crippen molar-refractivity contribution in [3.63, 3.8) is 0 Å². The molecule has 47 heavy (non-hydrogen) atoms. The van der Waals surface area contributed by atoms with Crippen LogP contribution in [0.3, 0.4) is 0 Å². The third-order valence-electron chi connectivity index (χ3n) is 9.46. The molecule has 0 saturated carbocycles. The van der Waals surface area contributed by atoms with E-state index in [9.17, 15) is 0 Å². The van der Waals surface area contributed by atoms with Gasteiger partial charge >= 0.3 is 0 Å². The van der Waals surface area contributed by atoms with Crippen LogP contribution in [-0.4, -0.2) is 19.5 Å². The molecule has 10 aromatic rings. The smallest absolute Gasteiger partial charge is 0.235 e. The second-order valence-corrected chi connectivity index (χ2v) is 12.1. The molecule has 4 heteroatoms. The quantitative estimate of drug-likeness (QED) is 0.189. The van der Waals surface area contributed by atoms with Crippen LogP contribution < -0.4 is 0 Å². The van der Waals surface area contributed by atoms with E-state index in [-0.39, 0.29) is 0 Å². The molecule has 0 amide bonds. The van der Waals surface area contributed by atoms with Gasteiger partial charge in [-0.25, -0.2) is 9.97 Å². The van der Waals surface area contributed by atoms with Gasteiger partial charge in [-0.2, -0.15) is 0 Å². The van der Waals surface area contributed by atoms with E-state index in [2.05, 4.69) is 137 Å². The minimum Gasteiger partial charge on any atom is -0.278 e. The maximum atomic E-state index is 5.32. The number of aromatic nitrogens is 4. The Morgan fingerprint density at radius 3 is 1.83 bits per heavy atom. The van der Waals surface area contributed by atoms with E-state index >= 15 is 0 Å². The summed E-state index contributed by atoms with van der Waals surface area (Å²) < 4.78 is 2.26. The molecule has 10 rings (SSSR count). The lowest BCUT2D eigenvalue weighted by atomic mass is 9.91. The molecule has 0 saturated heterocycles. The van der Waals surface area contributed by atoms with Gasteiger partial charge in [-0.05, 0) is 79.8 Å². The largest absolute Gasteiger partial charge is 0.278 e. The minimum absolute atomic E-state index is 0.654. The van der Waals surface area contributed by atoms with Crippen LogP contribution in [0.25, 0.3) is 93.7 Å². The molecule has 0 aliphatic carbocycles.